The van der Waals surface area contributed by atoms with Gasteiger partial charge in [0.15, 0.2) is 0 Å². The van der Waals surface area contributed by atoms with Crippen LogP contribution in [0.25, 0.3) is 0 Å². The van der Waals surface area contributed by atoms with Gasteiger partial charge < -0.3 is 10.6 Å². The van der Waals surface area contributed by atoms with Crippen molar-refractivity contribution in [1.29, 1.82) is 0 Å². The van der Waals surface area contributed by atoms with E-state index >= 15 is 0 Å². The second kappa shape index (κ2) is 5.84. The number of halogens is 2. The Bertz CT molecular complexity index is 413. The molecule has 0 atom stereocenters. The van der Waals surface area contributed by atoms with Crippen LogP contribution in [0.4, 0.5) is 0 Å². The maximum absolute atomic E-state index is 11.6. The van der Waals surface area contributed by atoms with Crippen LogP contribution in [0.3, 0.4) is 0 Å². The second-order valence-electron chi connectivity index (χ2n) is 3.01. The van der Waals surface area contributed by atoms with E-state index < -0.39 is 5.97 Å². The Morgan fingerprint density at radius 3 is 2.50 bits per heavy atom. The quantitative estimate of drug-likeness (QED) is 0.516. The van der Waals surface area contributed by atoms with Crippen LogP contribution in [0, 0.1) is 0 Å². The van der Waals surface area contributed by atoms with E-state index in [1.165, 1.54) is 0 Å². The van der Waals surface area contributed by atoms with Crippen LogP contribution < -0.4 is 5.73 Å². The molecule has 0 heterocycles. The van der Waals surface area contributed by atoms with Crippen LogP contribution in [0.15, 0.2) is 23.4 Å². The summed E-state index contributed by atoms with van der Waals surface area (Å²) in [6.45, 7) is 1.85. The highest BCUT2D eigenvalue weighted by Crippen LogP contribution is 2.24. The third kappa shape index (κ3) is 3.20. The lowest BCUT2D eigenvalue weighted by Gasteiger charge is -2.03. The van der Waals surface area contributed by atoms with Crippen molar-refractivity contribution in [2.45, 2.75) is 6.92 Å². The van der Waals surface area contributed by atoms with Gasteiger partial charge in [0.1, 0.15) is 0 Å². The summed E-state index contributed by atoms with van der Waals surface area (Å²) in [7, 11) is 0. The van der Waals surface area contributed by atoms with Gasteiger partial charge in [-0.1, -0.05) is 34.4 Å². The minimum Gasteiger partial charge on any atom is -0.325 e. The molecule has 0 unspecified atom stereocenters. The summed E-state index contributed by atoms with van der Waals surface area (Å²) in [5.74, 6) is -0.705. The highest BCUT2D eigenvalue weighted by Gasteiger charge is 2.16. The third-order valence-electron chi connectivity index (χ3n) is 1.75. The summed E-state index contributed by atoms with van der Waals surface area (Å²) >= 11 is 11.6. The zero-order valence-electron chi connectivity index (χ0n) is 8.54. The molecule has 16 heavy (non-hydrogen) atoms. The van der Waals surface area contributed by atoms with Gasteiger partial charge in [-0.05, 0) is 19.1 Å². The Labute approximate surface area is 103 Å². The van der Waals surface area contributed by atoms with Gasteiger partial charge in [0.25, 0.3) is 0 Å². The van der Waals surface area contributed by atoms with E-state index in [0.717, 1.165) is 0 Å². The topological polar surface area (TPSA) is 64.7 Å². The molecule has 86 valence electrons. The fourth-order valence-electron chi connectivity index (χ4n) is 0.895. The van der Waals surface area contributed by atoms with Crippen molar-refractivity contribution >= 4 is 34.9 Å². The van der Waals surface area contributed by atoms with Gasteiger partial charge in [0.05, 0.1) is 21.3 Å². The molecule has 6 heteroatoms. The van der Waals surface area contributed by atoms with Gasteiger partial charge >= 0.3 is 5.97 Å². The summed E-state index contributed by atoms with van der Waals surface area (Å²) in [4.78, 5) is 16.2. The standard InChI is InChI=1S/C10H10Cl2N2O2/c1-6(5-13)14-16-10(15)9-7(11)3-2-4-8(9)12/h2-4H,5,13H2,1H3/b14-6+. The van der Waals surface area contributed by atoms with Crippen LogP contribution in [0.2, 0.25) is 10.0 Å². The number of rotatable bonds is 3. The van der Waals surface area contributed by atoms with E-state index in [2.05, 4.69) is 9.99 Å². The molecule has 2 N–H and O–H groups in total. The first-order chi connectivity index (χ1) is 7.56. The Morgan fingerprint density at radius 2 is 2.00 bits per heavy atom. The maximum atomic E-state index is 11.6. The van der Waals surface area contributed by atoms with E-state index in [4.69, 9.17) is 28.9 Å². The number of hydrogen-bond acceptors (Lipinski definition) is 4. The largest absolute Gasteiger partial charge is 0.368 e. The highest BCUT2D eigenvalue weighted by molar-refractivity contribution is 6.39. The molecule has 0 aromatic heterocycles. The molecular formula is C10H10Cl2N2O2. The molecule has 0 radical (unpaired) electrons. The minimum atomic E-state index is -0.705. The molecule has 0 fully saturated rings. The zero-order chi connectivity index (χ0) is 12.1. The number of nitrogens with two attached hydrogens (primary N) is 1. The van der Waals surface area contributed by atoms with Crippen molar-refractivity contribution in [1.82, 2.24) is 0 Å². The SMILES string of the molecule is C/C(CN)=N\OC(=O)c1c(Cl)cccc1Cl. The van der Waals surface area contributed by atoms with E-state index in [1.54, 1.807) is 25.1 Å². The van der Waals surface area contributed by atoms with Gasteiger partial charge in [-0.25, -0.2) is 4.79 Å². The first-order valence-electron chi connectivity index (χ1n) is 4.45. The molecule has 0 saturated carbocycles. The first kappa shape index (κ1) is 13.0. The maximum Gasteiger partial charge on any atom is 0.368 e. The lowest BCUT2D eigenvalue weighted by Crippen LogP contribution is -2.12. The molecular weight excluding hydrogens is 251 g/mol. The average molecular weight is 261 g/mol. The van der Waals surface area contributed by atoms with Gasteiger partial charge in [-0.2, -0.15) is 0 Å². The molecule has 1 rings (SSSR count). The van der Waals surface area contributed by atoms with Gasteiger partial charge in [-0.15, -0.1) is 0 Å². The van der Waals surface area contributed by atoms with Crippen LogP contribution in [0.1, 0.15) is 17.3 Å². The van der Waals surface area contributed by atoms with E-state index in [0.29, 0.717) is 5.71 Å². The van der Waals surface area contributed by atoms with E-state index in [-0.39, 0.29) is 22.2 Å². The van der Waals surface area contributed by atoms with Crippen molar-refractivity contribution in [3.63, 3.8) is 0 Å². The van der Waals surface area contributed by atoms with E-state index in [9.17, 15) is 4.79 Å². The normalized spacial score (nSPS) is 11.4. The summed E-state index contributed by atoms with van der Waals surface area (Å²) in [5.41, 5.74) is 5.88. The summed E-state index contributed by atoms with van der Waals surface area (Å²) in [6, 6.07) is 4.73. The van der Waals surface area contributed by atoms with Crippen molar-refractivity contribution < 1.29 is 9.63 Å². The third-order valence-corrected chi connectivity index (χ3v) is 2.38. The Kier molecular flexibility index (Phi) is 4.73. The van der Waals surface area contributed by atoms with Crippen molar-refractivity contribution in [2.75, 3.05) is 6.54 Å². The molecule has 0 spiro atoms. The Morgan fingerprint density at radius 1 is 1.44 bits per heavy atom. The number of carbonyl (C=O) groups excluding carboxylic acids is 1. The molecule has 0 aliphatic carbocycles. The fourth-order valence-corrected chi connectivity index (χ4v) is 1.45. The van der Waals surface area contributed by atoms with Crippen LogP contribution in [0.5, 0.6) is 0 Å². The molecule has 0 aliphatic rings. The van der Waals surface area contributed by atoms with Crippen molar-refractivity contribution in [2.24, 2.45) is 10.9 Å². The van der Waals surface area contributed by atoms with E-state index in [1.807, 2.05) is 0 Å². The fraction of sp³-hybridized carbons (Fsp3) is 0.200. The minimum absolute atomic E-state index is 0.0967. The Hall–Kier alpha value is -1.10. The monoisotopic (exact) mass is 260 g/mol. The predicted molar refractivity (Wildman–Crippen MR) is 64.0 cm³/mol. The summed E-state index contributed by atoms with van der Waals surface area (Å²) in [6.07, 6.45) is 0. The van der Waals surface area contributed by atoms with Crippen molar-refractivity contribution in [3.05, 3.63) is 33.8 Å². The summed E-state index contributed by atoms with van der Waals surface area (Å²) in [5, 5.41) is 3.97. The predicted octanol–water partition coefficient (Wildman–Crippen LogP) is 2.48. The molecule has 0 aliphatic heterocycles. The average Bonchev–Trinajstić information content (AvgIpc) is 2.25. The second-order valence-corrected chi connectivity index (χ2v) is 3.82. The van der Waals surface area contributed by atoms with Crippen LogP contribution in [-0.4, -0.2) is 18.2 Å². The first-order valence-corrected chi connectivity index (χ1v) is 5.20. The van der Waals surface area contributed by atoms with Crippen LogP contribution in [-0.2, 0) is 4.84 Å². The molecule has 0 saturated heterocycles. The zero-order valence-corrected chi connectivity index (χ0v) is 10.0. The summed E-state index contributed by atoms with van der Waals surface area (Å²) < 4.78 is 0. The number of carbonyl (C=O) groups is 1. The van der Waals surface area contributed by atoms with Gasteiger partial charge in [0, 0.05) is 6.54 Å². The Balaban J connectivity index is 2.89. The number of oxime groups is 1. The number of hydrogen-bond donors (Lipinski definition) is 1. The molecule has 1 aromatic rings. The molecule has 1 aromatic carbocycles. The molecule has 0 amide bonds. The van der Waals surface area contributed by atoms with Gasteiger partial charge in [-0.3, -0.25) is 0 Å². The number of nitrogens with zero attached hydrogens (tertiary/aromatic N) is 1. The molecule has 0 bridgehead atoms. The lowest BCUT2D eigenvalue weighted by atomic mass is 10.2. The van der Waals surface area contributed by atoms with Crippen LogP contribution >= 0.6 is 23.2 Å². The highest BCUT2D eigenvalue weighted by atomic mass is 35.5. The van der Waals surface area contributed by atoms with Gasteiger partial charge in [0.2, 0.25) is 0 Å². The molecule has 4 nitrogen and oxygen atoms in total. The number of benzene rings is 1. The smallest absolute Gasteiger partial charge is 0.325 e. The lowest BCUT2D eigenvalue weighted by molar-refractivity contribution is 0.0516. The van der Waals surface area contributed by atoms with Crippen molar-refractivity contribution in [3.8, 4) is 0 Å².